The summed E-state index contributed by atoms with van der Waals surface area (Å²) in [7, 11) is 24.7. The van der Waals surface area contributed by atoms with Crippen LogP contribution in [0.1, 0.15) is 38.5 Å². The topological polar surface area (TPSA) is 166 Å². The molecule has 1 aliphatic rings. The van der Waals surface area contributed by atoms with Gasteiger partial charge >= 0.3 is 0 Å². The first-order chi connectivity index (χ1) is 69.2. The van der Waals surface area contributed by atoms with E-state index in [9.17, 15) is 0 Å². The maximum absolute atomic E-state index is 5.88. The van der Waals surface area contributed by atoms with Gasteiger partial charge < -0.3 is 85.3 Å². The van der Waals surface area contributed by atoms with Crippen LogP contribution in [0.2, 0.25) is 0 Å². The number of para-hydroxylation sites is 3. The standard InChI is InChI=1S/C27H33O9P.C27H26P2.C24H27O6P.C21H21O3P.C18H21P/c1-28-16-10-19(31-4)25(20(11-16)32-5)37(26-21(33-6)12-17(29-2)13-22(26)34-7)27-23(35-8)14-18(30-3)15-24(27)36-9;1-5-14-24(15-6-1)28(25-16-7-2-8-17-25)22-13-23-29(26-18-9-3-10-19-26)27-20-11-4-12-21-27;1-25-16-10-7-11-17(26-2)22(16)31(23-18(27-3)12-8-13-19(23)28-4)24-20(29-5)14-9-15-21(24)30-6;1-22-16-10-4-7-13-19(16)25(20-14-8-5-11-17(20)23-2)21-15-9-6-12-18(21)24-3;1-4-10-16(11-5-1)19(17-12-6-2-7-13-17)18-14-8-3-9-15-18/h10-15H,1-9H3;1-12,14-21H,13,22-23H2;7-15H,1-6H3;4-15H,1-3H3;1-2,4-7,10-13,18H,3,8-9,14-15H2. The minimum absolute atomic E-state index is 0.169. The molecule has 0 bridgehead atoms. The summed E-state index contributed by atoms with van der Waals surface area (Å²) >= 11 is 0. The summed E-state index contributed by atoms with van der Waals surface area (Å²) in [5, 5.41) is 17.3. The van der Waals surface area contributed by atoms with Gasteiger partial charge in [0, 0.05) is 68.2 Å². The Balaban J connectivity index is 0.000000160. The number of methoxy groups -OCH3 is 18. The van der Waals surface area contributed by atoms with Gasteiger partial charge in [-0.05, 0) is 155 Å². The third-order valence-electron chi connectivity index (χ3n) is 23.6. The minimum atomic E-state index is -1.57. The predicted molar refractivity (Wildman–Crippen MR) is 592 cm³/mol. The summed E-state index contributed by atoms with van der Waals surface area (Å²) in [5.41, 5.74) is 0.883. The summed E-state index contributed by atoms with van der Waals surface area (Å²) in [5.74, 6) is 11.7. The van der Waals surface area contributed by atoms with Crippen molar-refractivity contribution in [1.82, 2.24) is 0 Å². The summed E-state index contributed by atoms with van der Waals surface area (Å²) < 4.78 is 103. The lowest BCUT2D eigenvalue weighted by Gasteiger charge is -2.31. The molecule has 1 fully saturated rings. The lowest BCUT2D eigenvalue weighted by atomic mass is 10.0. The van der Waals surface area contributed by atoms with Gasteiger partial charge in [-0.2, -0.15) is 0 Å². The molecular formula is C117H128O18P6. The van der Waals surface area contributed by atoms with Gasteiger partial charge in [0.15, 0.2) is 0 Å². The molecule has 15 aromatic carbocycles. The first-order valence-corrected chi connectivity index (χ1v) is 54.7. The van der Waals surface area contributed by atoms with Crippen molar-refractivity contribution in [1.29, 1.82) is 0 Å². The van der Waals surface area contributed by atoms with Gasteiger partial charge in [-0.3, -0.25) is 0 Å². The summed E-state index contributed by atoms with van der Waals surface area (Å²) in [6.07, 6.45) is 10.8. The molecule has 16 rings (SSSR count). The van der Waals surface area contributed by atoms with Gasteiger partial charge in [0.2, 0.25) is 0 Å². The second-order valence-electron chi connectivity index (χ2n) is 31.5. The highest BCUT2D eigenvalue weighted by atomic mass is 31.1. The van der Waals surface area contributed by atoms with E-state index in [0.717, 1.165) is 70.6 Å². The van der Waals surface area contributed by atoms with Crippen molar-refractivity contribution in [3.05, 3.63) is 346 Å². The first kappa shape index (κ1) is 107. The van der Waals surface area contributed by atoms with Crippen molar-refractivity contribution in [2.75, 3.05) is 140 Å². The lowest BCUT2D eigenvalue weighted by Crippen LogP contribution is -2.27. The third kappa shape index (κ3) is 26.9. The van der Waals surface area contributed by atoms with E-state index in [1.165, 1.54) is 72.1 Å². The zero-order valence-corrected chi connectivity index (χ0v) is 89.0. The molecule has 1 aliphatic carbocycles. The molecule has 0 spiro atoms. The molecule has 15 aromatic rings. The maximum Gasteiger partial charge on any atom is 0.134 e. The van der Waals surface area contributed by atoms with Crippen LogP contribution in [0.25, 0.3) is 0 Å². The summed E-state index contributed by atoms with van der Waals surface area (Å²) in [6.45, 7) is 0. The first-order valence-electron chi connectivity index (χ1n) is 46.2. The number of hydrogen-bond donors (Lipinski definition) is 0. The van der Waals surface area contributed by atoms with Crippen LogP contribution in [0.4, 0.5) is 0 Å². The minimum Gasteiger partial charge on any atom is -0.496 e. The monoisotopic (exact) mass is 2010 g/mol. The quantitative estimate of drug-likeness (QED) is 0.0335. The Bertz CT molecular complexity index is 5590. The second kappa shape index (κ2) is 56.1. The number of ether oxygens (including phenoxy) is 18. The molecule has 0 saturated heterocycles. The highest BCUT2D eigenvalue weighted by Gasteiger charge is 2.39. The molecule has 734 valence electrons. The van der Waals surface area contributed by atoms with Gasteiger partial charge in [-0.1, -0.05) is 274 Å². The van der Waals surface area contributed by atoms with E-state index in [4.69, 9.17) is 85.3 Å². The molecule has 0 N–H and O–H groups in total. The van der Waals surface area contributed by atoms with Crippen molar-refractivity contribution in [3.8, 4) is 103 Å². The molecule has 0 radical (unpaired) electrons. The van der Waals surface area contributed by atoms with Gasteiger partial charge in [0.25, 0.3) is 0 Å². The SMILES string of the molecule is COc1cc(OC)c(P(c2c(OC)cc(OC)cc2OC)c2c(OC)cc(OC)cc2OC)c(OC)c1.COc1cccc(OC)c1P(c1c(OC)cccc1OC)c1c(OC)cccc1OC.COc1ccccc1P(c1ccccc1OC)c1ccccc1OC.c1ccc(P(CCCP(c2ccccc2)c2ccccc2)c2ccccc2)cc1.c1ccc(P(c2ccccc2)C2CCCCC2)cc1. The highest BCUT2D eigenvalue weighted by Crippen LogP contribution is 2.55. The zero-order valence-electron chi connectivity index (χ0n) is 83.7. The lowest BCUT2D eigenvalue weighted by molar-refractivity contribution is 0.378. The van der Waals surface area contributed by atoms with Crippen molar-refractivity contribution < 1.29 is 85.3 Å². The molecule has 0 heterocycles. The van der Waals surface area contributed by atoms with Crippen LogP contribution in [-0.2, 0) is 0 Å². The van der Waals surface area contributed by atoms with E-state index in [0.29, 0.717) is 86.2 Å². The fourth-order valence-corrected chi connectivity index (χ4v) is 33.5. The van der Waals surface area contributed by atoms with Crippen LogP contribution >= 0.6 is 47.5 Å². The Labute approximate surface area is 840 Å². The highest BCUT2D eigenvalue weighted by molar-refractivity contribution is 7.82. The number of rotatable bonds is 38. The van der Waals surface area contributed by atoms with Crippen LogP contribution in [-0.4, -0.2) is 146 Å². The number of benzene rings is 15. The fourth-order valence-electron chi connectivity index (χ4n) is 17.0. The molecule has 141 heavy (non-hydrogen) atoms. The van der Waals surface area contributed by atoms with E-state index >= 15 is 0 Å². The Kier molecular flexibility index (Phi) is 42.6. The number of hydrogen-bond acceptors (Lipinski definition) is 18. The molecule has 0 aliphatic heterocycles. The van der Waals surface area contributed by atoms with E-state index < -0.39 is 23.8 Å². The maximum atomic E-state index is 5.88. The fraction of sp³-hybridized carbons (Fsp3) is 0.231. The van der Waals surface area contributed by atoms with Crippen LogP contribution in [0.15, 0.2) is 346 Å². The van der Waals surface area contributed by atoms with Gasteiger partial charge in [0.05, 0.1) is 160 Å². The van der Waals surface area contributed by atoms with Crippen molar-refractivity contribution in [2.24, 2.45) is 0 Å². The third-order valence-corrected chi connectivity index (χ3v) is 39.7. The molecule has 0 unspecified atom stereocenters. The Morgan fingerprint density at radius 3 is 0.589 bits per heavy atom. The molecule has 0 amide bonds. The molecule has 18 nitrogen and oxygen atoms in total. The van der Waals surface area contributed by atoms with Crippen molar-refractivity contribution in [3.63, 3.8) is 0 Å². The largest absolute Gasteiger partial charge is 0.496 e. The molecule has 24 heteroatoms. The van der Waals surface area contributed by atoms with Gasteiger partial charge in [-0.25, -0.2) is 0 Å². The van der Waals surface area contributed by atoms with Crippen LogP contribution in [0.5, 0.6) is 103 Å². The molecule has 0 atom stereocenters. The van der Waals surface area contributed by atoms with Crippen LogP contribution < -0.4 is 165 Å². The van der Waals surface area contributed by atoms with E-state index in [1.54, 1.807) is 175 Å². The average molecular weight is 2010 g/mol. The van der Waals surface area contributed by atoms with E-state index in [2.05, 4.69) is 200 Å². The van der Waals surface area contributed by atoms with Gasteiger partial charge in [-0.15, -0.1) is 0 Å². The smallest absolute Gasteiger partial charge is 0.134 e. The van der Waals surface area contributed by atoms with Crippen molar-refractivity contribution >= 4 is 127 Å². The second-order valence-corrected chi connectivity index (χ2v) is 44.8. The zero-order chi connectivity index (χ0) is 99.8. The Hall–Kier alpha value is -12.7. The summed E-state index contributed by atoms with van der Waals surface area (Å²) in [4.78, 5) is 0. The predicted octanol–water partition coefficient (Wildman–Crippen LogP) is 20.6. The van der Waals surface area contributed by atoms with E-state index in [1.807, 2.05) is 109 Å². The van der Waals surface area contributed by atoms with Crippen LogP contribution in [0, 0.1) is 0 Å². The van der Waals surface area contributed by atoms with Crippen molar-refractivity contribution in [2.45, 2.75) is 44.2 Å². The molecule has 0 aromatic heterocycles. The van der Waals surface area contributed by atoms with E-state index in [-0.39, 0.29) is 23.8 Å². The molecule has 1 saturated carbocycles. The van der Waals surface area contributed by atoms with Gasteiger partial charge in [0.1, 0.15) is 103 Å². The molecular weight excluding hydrogens is 1880 g/mol. The Morgan fingerprint density at radius 2 is 0.376 bits per heavy atom. The summed E-state index contributed by atoms with van der Waals surface area (Å²) in [6, 6.07) is 119. The normalized spacial score (nSPS) is 11.5. The Morgan fingerprint density at radius 1 is 0.184 bits per heavy atom. The average Bonchev–Trinajstić information content (AvgIpc) is 0.737. The van der Waals surface area contributed by atoms with Crippen LogP contribution in [0.3, 0.4) is 0 Å².